The van der Waals surface area contributed by atoms with Gasteiger partial charge in [0.1, 0.15) is 11.5 Å². The Kier molecular flexibility index (Phi) is 8.32. The number of nitrogens with zero attached hydrogens (tertiary/aromatic N) is 4. The second-order valence-corrected chi connectivity index (χ2v) is 8.79. The minimum atomic E-state index is -0.387. The fraction of sp³-hybridized carbons (Fsp3) is 0.148. The fourth-order valence-corrected chi connectivity index (χ4v) is 4.15. The molecule has 10 heteroatoms. The topological polar surface area (TPSA) is 108 Å². The van der Waals surface area contributed by atoms with Crippen molar-refractivity contribution in [3.05, 3.63) is 84.4 Å². The first-order valence-corrected chi connectivity index (χ1v) is 12.3. The maximum Gasteiger partial charge on any atom is 0.308 e. The third-order valence-electron chi connectivity index (χ3n) is 5.21. The number of hydrogen-bond acceptors (Lipinski definition) is 8. The van der Waals surface area contributed by atoms with Crippen LogP contribution in [0.15, 0.2) is 89.1 Å². The molecule has 0 aliphatic heterocycles. The highest BCUT2D eigenvalue weighted by atomic mass is 32.2. The summed E-state index contributed by atoms with van der Waals surface area (Å²) in [6.45, 7) is 3.12. The van der Waals surface area contributed by atoms with Crippen molar-refractivity contribution in [2.24, 2.45) is 5.10 Å². The monoisotopic (exact) mass is 515 g/mol. The first-order valence-electron chi connectivity index (χ1n) is 11.3. The van der Waals surface area contributed by atoms with Crippen LogP contribution in [0.25, 0.3) is 17.1 Å². The van der Waals surface area contributed by atoms with E-state index in [1.807, 2.05) is 59.2 Å². The van der Waals surface area contributed by atoms with Crippen molar-refractivity contribution in [1.82, 2.24) is 20.2 Å². The van der Waals surface area contributed by atoms with Crippen molar-refractivity contribution in [3.8, 4) is 28.6 Å². The predicted octanol–water partition coefficient (Wildman–Crippen LogP) is 4.50. The summed E-state index contributed by atoms with van der Waals surface area (Å²) in [6, 6.07) is 24.2. The Hall–Kier alpha value is -4.44. The summed E-state index contributed by atoms with van der Waals surface area (Å²) in [6.07, 6.45) is 0. The molecule has 4 aromatic rings. The number of methoxy groups -OCH3 is 1. The standard InChI is InChI=1S/C27H25N5O4S/c1-18(20-9-13-24(14-10-20)36-19(2)33)28-29-25(34)17-37-27-31-30-26(21-7-5-4-6-8-21)32(27)22-11-15-23(35-3)16-12-22/h4-16H,17H2,1-3H3,(H,29,34)/b28-18+. The number of carbonyl (C=O) groups excluding carboxylic acids is 2. The lowest BCUT2D eigenvalue weighted by Crippen LogP contribution is -2.21. The molecule has 0 spiro atoms. The summed E-state index contributed by atoms with van der Waals surface area (Å²) in [7, 11) is 1.62. The van der Waals surface area contributed by atoms with E-state index in [2.05, 4.69) is 20.7 Å². The molecule has 3 aromatic carbocycles. The van der Waals surface area contributed by atoms with E-state index < -0.39 is 0 Å². The maximum atomic E-state index is 12.6. The molecule has 0 aliphatic rings. The number of thioether (sulfide) groups is 1. The minimum absolute atomic E-state index is 0.0885. The summed E-state index contributed by atoms with van der Waals surface area (Å²) in [4.78, 5) is 23.6. The minimum Gasteiger partial charge on any atom is -0.497 e. The van der Waals surface area contributed by atoms with Crippen LogP contribution < -0.4 is 14.9 Å². The molecule has 0 aliphatic carbocycles. The smallest absolute Gasteiger partial charge is 0.308 e. The van der Waals surface area contributed by atoms with Crippen molar-refractivity contribution in [2.45, 2.75) is 19.0 Å². The molecule has 9 nitrogen and oxygen atoms in total. The molecule has 1 amide bonds. The third-order valence-corrected chi connectivity index (χ3v) is 6.14. The van der Waals surface area contributed by atoms with E-state index in [4.69, 9.17) is 9.47 Å². The zero-order chi connectivity index (χ0) is 26.2. The van der Waals surface area contributed by atoms with Gasteiger partial charge in [0.25, 0.3) is 5.91 Å². The first-order chi connectivity index (χ1) is 17.9. The van der Waals surface area contributed by atoms with Gasteiger partial charge in [-0.15, -0.1) is 10.2 Å². The second-order valence-electron chi connectivity index (χ2n) is 7.84. The third kappa shape index (κ3) is 6.62. The summed E-state index contributed by atoms with van der Waals surface area (Å²) in [5.74, 6) is 1.26. The van der Waals surface area contributed by atoms with Gasteiger partial charge in [-0.1, -0.05) is 42.1 Å². The van der Waals surface area contributed by atoms with Gasteiger partial charge in [-0.2, -0.15) is 5.10 Å². The molecule has 4 rings (SSSR count). The number of nitrogens with one attached hydrogen (secondary N) is 1. The number of rotatable bonds is 9. The van der Waals surface area contributed by atoms with Crippen LogP contribution in [0.3, 0.4) is 0 Å². The number of benzene rings is 3. The van der Waals surface area contributed by atoms with Gasteiger partial charge in [0.2, 0.25) is 0 Å². The molecule has 0 unspecified atom stereocenters. The van der Waals surface area contributed by atoms with Crippen molar-refractivity contribution in [2.75, 3.05) is 12.9 Å². The van der Waals surface area contributed by atoms with E-state index in [0.717, 1.165) is 22.6 Å². The summed E-state index contributed by atoms with van der Waals surface area (Å²) in [5, 5.41) is 13.5. The number of aromatic nitrogens is 3. The Morgan fingerprint density at radius 1 is 0.919 bits per heavy atom. The summed E-state index contributed by atoms with van der Waals surface area (Å²) >= 11 is 1.26. The molecule has 1 heterocycles. The molecular formula is C27H25N5O4S. The van der Waals surface area contributed by atoms with E-state index in [9.17, 15) is 9.59 Å². The van der Waals surface area contributed by atoms with Gasteiger partial charge in [0.15, 0.2) is 11.0 Å². The average Bonchev–Trinajstić information content (AvgIpc) is 3.35. The zero-order valence-electron chi connectivity index (χ0n) is 20.5. The highest BCUT2D eigenvalue weighted by molar-refractivity contribution is 7.99. The van der Waals surface area contributed by atoms with Crippen LogP contribution in [0.4, 0.5) is 0 Å². The lowest BCUT2D eigenvalue weighted by atomic mass is 10.1. The molecule has 37 heavy (non-hydrogen) atoms. The highest BCUT2D eigenvalue weighted by Crippen LogP contribution is 2.28. The maximum absolute atomic E-state index is 12.6. The normalized spacial score (nSPS) is 11.2. The van der Waals surface area contributed by atoms with Gasteiger partial charge in [-0.25, -0.2) is 5.43 Å². The van der Waals surface area contributed by atoms with Gasteiger partial charge in [0.05, 0.1) is 18.6 Å². The van der Waals surface area contributed by atoms with E-state index in [1.54, 1.807) is 38.3 Å². The van der Waals surface area contributed by atoms with E-state index in [-0.39, 0.29) is 17.6 Å². The molecule has 0 saturated carbocycles. The predicted molar refractivity (Wildman–Crippen MR) is 142 cm³/mol. The lowest BCUT2D eigenvalue weighted by Gasteiger charge is -2.11. The van der Waals surface area contributed by atoms with Crippen LogP contribution in [0, 0.1) is 0 Å². The lowest BCUT2D eigenvalue weighted by molar-refractivity contribution is -0.131. The summed E-state index contributed by atoms with van der Waals surface area (Å²) in [5.41, 5.74) is 5.73. The Morgan fingerprint density at radius 3 is 2.24 bits per heavy atom. The van der Waals surface area contributed by atoms with Crippen LogP contribution in [0.5, 0.6) is 11.5 Å². The van der Waals surface area contributed by atoms with Crippen LogP contribution in [-0.4, -0.2) is 45.2 Å². The molecule has 0 saturated heterocycles. The van der Waals surface area contributed by atoms with Gasteiger partial charge in [-0.05, 0) is 61.0 Å². The van der Waals surface area contributed by atoms with Crippen molar-refractivity contribution >= 4 is 29.4 Å². The van der Waals surface area contributed by atoms with E-state index in [1.165, 1.54) is 18.7 Å². The molecule has 0 atom stereocenters. The Balaban J connectivity index is 1.47. The molecule has 1 aromatic heterocycles. The highest BCUT2D eigenvalue weighted by Gasteiger charge is 2.17. The summed E-state index contributed by atoms with van der Waals surface area (Å²) < 4.78 is 12.2. The molecule has 0 bridgehead atoms. The van der Waals surface area contributed by atoms with Crippen molar-refractivity contribution in [1.29, 1.82) is 0 Å². The number of esters is 1. The Bertz CT molecular complexity index is 1400. The number of ether oxygens (including phenoxy) is 2. The fourth-order valence-electron chi connectivity index (χ4n) is 3.40. The van der Waals surface area contributed by atoms with E-state index in [0.29, 0.717) is 22.4 Å². The average molecular weight is 516 g/mol. The second kappa shape index (κ2) is 12.0. The number of hydrazone groups is 1. The van der Waals surface area contributed by atoms with Gasteiger partial charge < -0.3 is 9.47 Å². The number of carbonyl (C=O) groups is 2. The zero-order valence-corrected chi connectivity index (χ0v) is 21.4. The van der Waals surface area contributed by atoms with Crippen molar-refractivity contribution in [3.63, 3.8) is 0 Å². The molecule has 188 valence electrons. The Morgan fingerprint density at radius 2 is 1.59 bits per heavy atom. The molecule has 1 N–H and O–H groups in total. The van der Waals surface area contributed by atoms with Crippen molar-refractivity contribution < 1.29 is 19.1 Å². The van der Waals surface area contributed by atoms with Gasteiger partial charge >= 0.3 is 5.97 Å². The van der Waals surface area contributed by atoms with Crippen LogP contribution in [0.2, 0.25) is 0 Å². The quantitative estimate of drug-likeness (QED) is 0.115. The van der Waals surface area contributed by atoms with Gasteiger partial charge in [0, 0.05) is 18.2 Å². The number of amides is 1. The molecular weight excluding hydrogens is 490 g/mol. The van der Waals surface area contributed by atoms with Gasteiger partial charge in [-0.3, -0.25) is 14.2 Å². The van der Waals surface area contributed by atoms with Crippen LogP contribution in [0.1, 0.15) is 19.4 Å². The number of hydrogen-bond donors (Lipinski definition) is 1. The molecule has 0 fully saturated rings. The SMILES string of the molecule is COc1ccc(-n2c(SCC(=O)N/N=C(\C)c3ccc(OC(C)=O)cc3)nnc2-c2ccccc2)cc1. The van der Waals surface area contributed by atoms with Crippen LogP contribution in [-0.2, 0) is 9.59 Å². The first kappa shape index (κ1) is 25.6. The Labute approximate surface area is 218 Å². The van der Waals surface area contributed by atoms with Crippen LogP contribution >= 0.6 is 11.8 Å². The largest absolute Gasteiger partial charge is 0.497 e. The van der Waals surface area contributed by atoms with E-state index >= 15 is 0 Å². The molecule has 0 radical (unpaired) electrons.